The summed E-state index contributed by atoms with van der Waals surface area (Å²) in [6.07, 6.45) is 2.10. The fourth-order valence-electron chi connectivity index (χ4n) is 4.60. The molecule has 6 heteroatoms. The van der Waals surface area contributed by atoms with E-state index in [9.17, 15) is 4.79 Å². The standard InChI is InChI=1S/C23H34BNO4/c1-20(2,3)27-19(26)25-14-23(15-25)12-17(13-23)16-8-10-18(11-9-16)24-28-21(4,5)22(6,7)29-24/h8-11,17H,12-15H2,1-7H3. The Balaban J connectivity index is 1.30. The van der Waals surface area contributed by atoms with Gasteiger partial charge in [-0.3, -0.25) is 0 Å². The summed E-state index contributed by atoms with van der Waals surface area (Å²) in [4.78, 5) is 14.0. The van der Waals surface area contributed by atoms with E-state index in [1.54, 1.807) is 0 Å². The second kappa shape index (κ2) is 6.48. The zero-order valence-corrected chi connectivity index (χ0v) is 18.9. The van der Waals surface area contributed by atoms with Gasteiger partial charge in [0.2, 0.25) is 0 Å². The van der Waals surface area contributed by atoms with Crippen LogP contribution in [0.3, 0.4) is 0 Å². The van der Waals surface area contributed by atoms with Gasteiger partial charge in [0.1, 0.15) is 5.60 Å². The van der Waals surface area contributed by atoms with Crippen molar-refractivity contribution in [3.63, 3.8) is 0 Å². The summed E-state index contributed by atoms with van der Waals surface area (Å²) in [5.74, 6) is 0.572. The van der Waals surface area contributed by atoms with Crippen molar-refractivity contribution in [2.24, 2.45) is 5.41 Å². The summed E-state index contributed by atoms with van der Waals surface area (Å²) in [5, 5.41) is 0. The predicted molar refractivity (Wildman–Crippen MR) is 114 cm³/mol. The molecular weight excluding hydrogens is 365 g/mol. The van der Waals surface area contributed by atoms with Crippen LogP contribution in [0, 0.1) is 5.41 Å². The molecule has 29 heavy (non-hydrogen) atoms. The Bertz CT molecular complexity index is 766. The number of rotatable bonds is 2. The molecule has 1 aromatic carbocycles. The molecule has 1 saturated carbocycles. The van der Waals surface area contributed by atoms with E-state index in [-0.39, 0.29) is 24.4 Å². The summed E-state index contributed by atoms with van der Waals surface area (Å²) in [6, 6.07) is 8.69. The van der Waals surface area contributed by atoms with Crippen LogP contribution in [0.5, 0.6) is 0 Å². The zero-order chi connectivity index (χ0) is 21.2. The van der Waals surface area contributed by atoms with Crippen molar-refractivity contribution in [1.82, 2.24) is 4.90 Å². The average molecular weight is 399 g/mol. The van der Waals surface area contributed by atoms with Crippen molar-refractivity contribution in [2.45, 2.75) is 84.0 Å². The number of benzene rings is 1. The maximum absolute atomic E-state index is 12.2. The van der Waals surface area contributed by atoms with Gasteiger partial charge in [-0.15, -0.1) is 0 Å². The van der Waals surface area contributed by atoms with Crippen molar-refractivity contribution in [1.29, 1.82) is 0 Å². The minimum absolute atomic E-state index is 0.182. The third kappa shape index (κ3) is 3.82. The molecule has 1 aromatic rings. The first kappa shape index (κ1) is 20.7. The molecule has 3 fully saturated rings. The van der Waals surface area contributed by atoms with Gasteiger partial charge in [-0.1, -0.05) is 24.3 Å². The van der Waals surface area contributed by atoms with Gasteiger partial charge in [-0.05, 0) is 78.3 Å². The van der Waals surface area contributed by atoms with Crippen LogP contribution in [0.25, 0.3) is 0 Å². The van der Waals surface area contributed by atoms with Gasteiger partial charge in [0.05, 0.1) is 11.2 Å². The first-order valence-electron chi connectivity index (χ1n) is 10.7. The summed E-state index contributed by atoms with van der Waals surface area (Å²) >= 11 is 0. The number of amides is 1. The number of nitrogens with zero attached hydrogens (tertiary/aromatic N) is 1. The van der Waals surface area contributed by atoms with Crippen LogP contribution in [-0.4, -0.2) is 48.0 Å². The van der Waals surface area contributed by atoms with E-state index in [4.69, 9.17) is 14.0 Å². The number of hydrogen-bond donors (Lipinski definition) is 0. The number of ether oxygens (including phenoxy) is 1. The molecule has 1 amide bonds. The molecule has 2 aliphatic heterocycles. The van der Waals surface area contributed by atoms with Gasteiger partial charge in [0, 0.05) is 18.5 Å². The molecular formula is C23H34BNO4. The lowest BCUT2D eigenvalue weighted by Crippen LogP contribution is -2.63. The Morgan fingerprint density at radius 3 is 2.03 bits per heavy atom. The summed E-state index contributed by atoms with van der Waals surface area (Å²) in [7, 11) is -0.309. The van der Waals surface area contributed by atoms with Crippen molar-refractivity contribution < 1.29 is 18.8 Å². The highest BCUT2D eigenvalue weighted by molar-refractivity contribution is 6.62. The van der Waals surface area contributed by atoms with Gasteiger partial charge in [-0.2, -0.15) is 0 Å². The van der Waals surface area contributed by atoms with Crippen molar-refractivity contribution in [2.75, 3.05) is 13.1 Å². The van der Waals surface area contributed by atoms with Gasteiger partial charge >= 0.3 is 13.2 Å². The number of carbonyl (C=O) groups is 1. The summed E-state index contributed by atoms with van der Waals surface area (Å²) in [6.45, 7) is 15.7. The first-order chi connectivity index (χ1) is 13.3. The Morgan fingerprint density at radius 1 is 1.03 bits per heavy atom. The van der Waals surface area contributed by atoms with Crippen molar-refractivity contribution in [3.05, 3.63) is 29.8 Å². The second-order valence-corrected chi connectivity index (χ2v) is 11.2. The first-order valence-corrected chi connectivity index (χ1v) is 10.7. The molecule has 1 aliphatic carbocycles. The molecule has 158 valence electrons. The van der Waals surface area contributed by atoms with Gasteiger partial charge in [-0.25, -0.2) is 4.79 Å². The fourth-order valence-corrected chi connectivity index (χ4v) is 4.60. The fraction of sp³-hybridized carbons (Fsp3) is 0.696. The van der Waals surface area contributed by atoms with Crippen LogP contribution in [-0.2, 0) is 14.0 Å². The molecule has 0 bridgehead atoms. The van der Waals surface area contributed by atoms with Crippen LogP contribution >= 0.6 is 0 Å². The molecule has 2 heterocycles. The van der Waals surface area contributed by atoms with E-state index in [1.807, 2.05) is 25.7 Å². The molecule has 0 atom stereocenters. The molecule has 0 unspecified atom stereocenters. The number of hydrogen-bond acceptors (Lipinski definition) is 4. The lowest BCUT2D eigenvalue weighted by atomic mass is 9.56. The molecule has 0 radical (unpaired) electrons. The lowest BCUT2D eigenvalue weighted by molar-refractivity contribution is -0.0786. The van der Waals surface area contributed by atoms with E-state index in [0.29, 0.717) is 11.3 Å². The Morgan fingerprint density at radius 2 is 1.55 bits per heavy atom. The molecule has 1 spiro atoms. The summed E-state index contributed by atoms with van der Waals surface area (Å²) in [5.41, 5.74) is 1.67. The van der Waals surface area contributed by atoms with Crippen LogP contribution in [0.15, 0.2) is 24.3 Å². The maximum atomic E-state index is 12.2. The highest BCUT2D eigenvalue weighted by atomic mass is 16.7. The van der Waals surface area contributed by atoms with Gasteiger partial charge in [0.25, 0.3) is 0 Å². The number of carbonyl (C=O) groups excluding carboxylic acids is 1. The molecule has 0 aromatic heterocycles. The lowest BCUT2D eigenvalue weighted by Gasteiger charge is -2.59. The Hall–Kier alpha value is -1.53. The quantitative estimate of drug-likeness (QED) is 0.703. The molecule has 0 N–H and O–H groups in total. The Labute approximate surface area is 175 Å². The van der Waals surface area contributed by atoms with E-state index in [2.05, 4.69) is 52.0 Å². The molecule has 4 rings (SSSR count). The van der Waals surface area contributed by atoms with E-state index < -0.39 is 5.60 Å². The van der Waals surface area contributed by atoms with Crippen molar-refractivity contribution in [3.8, 4) is 0 Å². The Kier molecular flexibility index (Phi) is 4.64. The third-order valence-corrected chi connectivity index (χ3v) is 7.00. The minimum Gasteiger partial charge on any atom is -0.444 e. The highest BCUT2D eigenvalue weighted by Crippen LogP contribution is 2.56. The van der Waals surface area contributed by atoms with Crippen LogP contribution in [0.1, 0.15) is 72.8 Å². The van der Waals surface area contributed by atoms with Crippen molar-refractivity contribution >= 4 is 18.7 Å². The largest absolute Gasteiger partial charge is 0.494 e. The normalized spacial score (nSPS) is 24.9. The second-order valence-electron chi connectivity index (χ2n) is 11.2. The zero-order valence-electron chi connectivity index (χ0n) is 18.9. The summed E-state index contributed by atoms with van der Waals surface area (Å²) < 4.78 is 17.8. The van der Waals surface area contributed by atoms with E-state index in [0.717, 1.165) is 31.4 Å². The van der Waals surface area contributed by atoms with Crippen LogP contribution < -0.4 is 5.46 Å². The van der Waals surface area contributed by atoms with Gasteiger partial charge in [0.15, 0.2) is 0 Å². The molecule has 2 saturated heterocycles. The predicted octanol–water partition coefficient (Wildman–Crippen LogP) is 4.10. The van der Waals surface area contributed by atoms with E-state index >= 15 is 0 Å². The number of likely N-dealkylation sites (tertiary alicyclic amines) is 1. The highest BCUT2D eigenvalue weighted by Gasteiger charge is 2.55. The van der Waals surface area contributed by atoms with E-state index in [1.165, 1.54) is 5.56 Å². The molecule has 5 nitrogen and oxygen atoms in total. The third-order valence-electron chi connectivity index (χ3n) is 7.00. The molecule has 3 aliphatic rings. The minimum atomic E-state index is -0.430. The topological polar surface area (TPSA) is 48.0 Å². The van der Waals surface area contributed by atoms with Crippen LogP contribution in [0.2, 0.25) is 0 Å². The van der Waals surface area contributed by atoms with Crippen LogP contribution in [0.4, 0.5) is 4.79 Å². The average Bonchev–Trinajstić information content (AvgIpc) is 2.71. The SMILES string of the molecule is CC(C)(C)OC(=O)N1CC2(CC(c3ccc(B4OC(C)(C)C(C)(C)O4)cc3)C2)C1. The van der Waals surface area contributed by atoms with Gasteiger partial charge < -0.3 is 18.9 Å². The monoisotopic (exact) mass is 399 g/mol. The smallest absolute Gasteiger partial charge is 0.444 e. The maximum Gasteiger partial charge on any atom is 0.494 e.